The number of ketones is 1. The van der Waals surface area contributed by atoms with E-state index in [1.807, 2.05) is 0 Å². The van der Waals surface area contributed by atoms with Gasteiger partial charge in [-0.15, -0.1) is 0 Å². The van der Waals surface area contributed by atoms with Crippen molar-refractivity contribution in [3.05, 3.63) is 46.3 Å². The van der Waals surface area contributed by atoms with E-state index in [2.05, 4.69) is 13.0 Å². The van der Waals surface area contributed by atoms with Gasteiger partial charge in [0.05, 0.1) is 0 Å². The van der Waals surface area contributed by atoms with Gasteiger partial charge >= 0.3 is 0 Å². The molecule has 1 aromatic carbocycles. The highest BCUT2D eigenvalue weighted by atomic mass is 19.1. The second-order valence-corrected chi connectivity index (χ2v) is 6.26. The highest BCUT2D eigenvalue weighted by Crippen LogP contribution is 2.29. The molecular formula is C19H25FO. The fraction of sp³-hybridized carbons (Fsp3) is 0.526. The maximum Gasteiger partial charge on any atom is 0.167 e. The van der Waals surface area contributed by atoms with Crippen molar-refractivity contribution < 1.29 is 9.18 Å². The van der Waals surface area contributed by atoms with Crippen molar-refractivity contribution >= 4 is 5.78 Å². The van der Waals surface area contributed by atoms with Gasteiger partial charge in [-0.2, -0.15) is 0 Å². The molecule has 0 aromatic heterocycles. The Labute approximate surface area is 127 Å². The third-order valence-electron chi connectivity index (χ3n) is 4.58. The first-order chi connectivity index (χ1) is 10.0. The number of hydrogen-bond acceptors (Lipinski definition) is 1. The molecule has 2 heteroatoms. The van der Waals surface area contributed by atoms with Crippen LogP contribution in [-0.4, -0.2) is 5.78 Å². The summed E-state index contributed by atoms with van der Waals surface area (Å²) >= 11 is 0. The summed E-state index contributed by atoms with van der Waals surface area (Å²) in [6, 6.07) is 3.46. The summed E-state index contributed by atoms with van der Waals surface area (Å²) < 4.78 is 13.9. The summed E-state index contributed by atoms with van der Waals surface area (Å²) in [4.78, 5) is 12.4. The lowest BCUT2D eigenvalue weighted by atomic mass is 9.84. The molecule has 1 atom stereocenters. The van der Waals surface area contributed by atoms with Crippen LogP contribution in [0.2, 0.25) is 0 Å². The second-order valence-electron chi connectivity index (χ2n) is 6.26. The molecule has 0 radical (unpaired) electrons. The van der Waals surface area contributed by atoms with E-state index < -0.39 is 0 Å². The molecule has 1 aliphatic rings. The zero-order valence-electron chi connectivity index (χ0n) is 13.3. The Morgan fingerprint density at radius 3 is 2.71 bits per heavy atom. The molecule has 2 rings (SSSR count). The zero-order valence-corrected chi connectivity index (χ0v) is 13.3. The van der Waals surface area contributed by atoms with Crippen molar-refractivity contribution in [2.75, 3.05) is 0 Å². The number of allylic oxidation sites excluding steroid dienone is 2. The molecule has 1 nitrogen and oxygen atoms in total. The summed E-state index contributed by atoms with van der Waals surface area (Å²) in [5.74, 6) is 0.584. The molecule has 0 saturated heterocycles. The van der Waals surface area contributed by atoms with Gasteiger partial charge < -0.3 is 0 Å². The minimum Gasteiger partial charge on any atom is -0.294 e. The molecule has 114 valence electrons. The maximum atomic E-state index is 13.9. The minimum absolute atomic E-state index is 0.0478. The third kappa shape index (κ3) is 3.81. The van der Waals surface area contributed by atoms with Crippen LogP contribution >= 0.6 is 0 Å². The van der Waals surface area contributed by atoms with Gasteiger partial charge in [0.1, 0.15) is 5.82 Å². The van der Waals surface area contributed by atoms with Crippen LogP contribution in [-0.2, 0) is 0 Å². The highest BCUT2D eigenvalue weighted by Gasteiger charge is 2.18. The van der Waals surface area contributed by atoms with E-state index in [1.165, 1.54) is 24.8 Å². The van der Waals surface area contributed by atoms with Crippen LogP contribution in [0.3, 0.4) is 0 Å². The number of benzene rings is 1. The molecule has 0 bridgehead atoms. The van der Waals surface area contributed by atoms with Crippen LogP contribution in [0.25, 0.3) is 0 Å². The first kappa shape index (κ1) is 15.9. The molecule has 1 aliphatic carbocycles. The topological polar surface area (TPSA) is 17.1 Å². The maximum absolute atomic E-state index is 13.9. The van der Waals surface area contributed by atoms with Crippen LogP contribution < -0.4 is 0 Å². The predicted octanol–water partition coefficient (Wildman–Crippen LogP) is 5.54. The van der Waals surface area contributed by atoms with Crippen molar-refractivity contribution in [3.8, 4) is 0 Å². The van der Waals surface area contributed by atoms with E-state index in [0.29, 0.717) is 23.1 Å². The Balaban J connectivity index is 2.04. The Morgan fingerprint density at radius 2 is 2.10 bits per heavy atom. The van der Waals surface area contributed by atoms with E-state index in [0.717, 1.165) is 18.8 Å². The first-order valence-corrected chi connectivity index (χ1v) is 7.99. The van der Waals surface area contributed by atoms with Crippen LogP contribution in [0.4, 0.5) is 4.39 Å². The third-order valence-corrected chi connectivity index (χ3v) is 4.58. The zero-order chi connectivity index (χ0) is 15.4. The molecule has 1 unspecified atom stereocenters. The van der Waals surface area contributed by atoms with Crippen LogP contribution in [0.15, 0.2) is 23.8 Å². The number of halogens is 1. The van der Waals surface area contributed by atoms with Gasteiger partial charge in [0, 0.05) is 12.0 Å². The molecule has 0 fully saturated rings. The van der Waals surface area contributed by atoms with E-state index in [-0.39, 0.29) is 11.6 Å². The van der Waals surface area contributed by atoms with Crippen LogP contribution in [0.5, 0.6) is 0 Å². The monoisotopic (exact) mass is 288 g/mol. The number of Topliss-reactive ketones (excluding diaryl/α,β-unsaturated/α-hetero) is 1. The van der Waals surface area contributed by atoms with E-state index >= 15 is 0 Å². The molecule has 0 N–H and O–H groups in total. The normalized spacial score (nSPS) is 18.5. The van der Waals surface area contributed by atoms with Gasteiger partial charge in [-0.3, -0.25) is 4.79 Å². The second kappa shape index (κ2) is 7.02. The quantitative estimate of drug-likeness (QED) is 0.513. The molecule has 0 spiro atoms. The molecule has 0 amide bonds. The first-order valence-electron chi connectivity index (χ1n) is 7.99. The lowest BCUT2D eigenvalue weighted by Gasteiger charge is -2.21. The van der Waals surface area contributed by atoms with Gasteiger partial charge in [-0.1, -0.05) is 43.5 Å². The predicted molar refractivity (Wildman–Crippen MR) is 85.2 cm³/mol. The van der Waals surface area contributed by atoms with E-state index in [4.69, 9.17) is 0 Å². The number of rotatable bonds is 5. The Hall–Kier alpha value is -1.44. The van der Waals surface area contributed by atoms with Crippen molar-refractivity contribution in [3.63, 3.8) is 0 Å². The summed E-state index contributed by atoms with van der Waals surface area (Å²) in [5, 5.41) is 0. The minimum atomic E-state index is -0.249. The number of carbonyl (C=O) groups excluding carboxylic acids is 1. The lowest BCUT2D eigenvalue weighted by Crippen LogP contribution is -2.10. The average molecular weight is 288 g/mol. The van der Waals surface area contributed by atoms with Crippen LogP contribution in [0.1, 0.15) is 66.9 Å². The van der Waals surface area contributed by atoms with Crippen molar-refractivity contribution in [1.29, 1.82) is 0 Å². The number of carbonyl (C=O) groups is 1. The molecule has 1 aromatic rings. The number of aryl methyl sites for hydroxylation is 1. The van der Waals surface area contributed by atoms with Crippen molar-refractivity contribution in [2.45, 2.75) is 59.3 Å². The van der Waals surface area contributed by atoms with Gasteiger partial charge in [-0.25, -0.2) is 4.39 Å². The smallest absolute Gasteiger partial charge is 0.167 e. The van der Waals surface area contributed by atoms with Crippen LogP contribution in [0, 0.1) is 25.6 Å². The molecule has 0 saturated carbocycles. The Bertz CT molecular complexity index is 557. The van der Waals surface area contributed by atoms with Gasteiger partial charge in [0.2, 0.25) is 0 Å². The summed E-state index contributed by atoms with van der Waals surface area (Å²) in [6.45, 7) is 5.65. The largest absolute Gasteiger partial charge is 0.294 e. The molecular weight excluding hydrogens is 263 g/mol. The van der Waals surface area contributed by atoms with Crippen molar-refractivity contribution in [2.24, 2.45) is 5.92 Å². The molecule has 0 heterocycles. The summed E-state index contributed by atoms with van der Waals surface area (Å²) in [6.07, 6.45) is 8.49. The van der Waals surface area contributed by atoms with Gasteiger partial charge in [-0.05, 0) is 50.2 Å². The number of hydrogen-bond donors (Lipinski definition) is 0. The average Bonchev–Trinajstić information content (AvgIpc) is 2.47. The molecule has 0 aliphatic heterocycles. The van der Waals surface area contributed by atoms with Crippen molar-refractivity contribution in [1.82, 2.24) is 0 Å². The Kier molecular flexibility index (Phi) is 5.33. The van der Waals surface area contributed by atoms with E-state index in [9.17, 15) is 9.18 Å². The van der Waals surface area contributed by atoms with Gasteiger partial charge in [0.15, 0.2) is 5.78 Å². The highest BCUT2D eigenvalue weighted by molar-refractivity contribution is 5.98. The fourth-order valence-electron chi connectivity index (χ4n) is 3.20. The molecule has 21 heavy (non-hydrogen) atoms. The fourth-order valence-corrected chi connectivity index (χ4v) is 3.20. The lowest BCUT2D eigenvalue weighted by molar-refractivity contribution is 0.0990. The summed E-state index contributed by atoms with van der Waals surface area (Å²) in [7, 11) is 0. The van der Waals surface area contributed by atoms with Gasteiger partial charge in [0.25, 0.3) is 0 Å². The summed E-state index contributed by atoms with van der Waals surface area (Å²) in [5.41, 5.74) is 2.85. The standard InChI is InChI=1S/C19H25FO/c1-4-5-15-7-9-16(10-8-15)12-18(21)17-11-6-13(2)19(20)14(17)3/h6,9,11,15H,4-5,7-8,10,12H2,1-3H3. The SMILES string of the molecule is CCCC1CC=C(CC(=O)c2ccc(C)c(F)c2C)CC1. The Morgan fingerprint density at radius 1 is 1.33 bits per heavy atom. The van der Waals surface area contributed by atoms with E-state index in [1.54, 1.807) is 26.0 Å².